The number of benzene rings is 1. The van der Waals surface area contributed by atoms with E-state index in [1.165, 1.54) is 0 Å². The number of amides is 1. The maximum absolute atomic E-state index is 11.4. The van der Waals surface area contributed by atoms with Crippen molar-refractivity contribution in [3.8, 4) is 0 Å². The van der Waals surface area contributed by atoms with E-state index < -0.39 is 0 Å². The molecule has 14 heavy (non-hydrogen) atoms. The Morgan fingerprint density at radius 3 is 2.86 bits per heavy atom. The zero-order valence-corrected chi connectivity index (χ0v) is 8.22. The molecule has 4 heteroatoms. The number of fused-ring (bicyclic) bond motifs is 1. The highest BCUT2D eigenvalue weighted by Crippen LogP contribution is 2.28. The zero-order chi connectivity index (χ0) is 10.3. The average Bonchev–Trinajstić information content (AvgIpc) is 2.15. The van der Waals surface area contributed by atoms with Crippen LogP contribution in [-0.2, 0) is 4.79 Å². The molecule has 1 heterocycles. The fourth-order valence-corrected chi connectivity index (χ4v) is 1.54. The first-order valence-electron chi connectivity index (χ1n) is 4.56. The molecule has 1 atom stereocenters. The number of hydrogen-bond donors (Lipinski definition) is 2. The van der Waals surface area contributed by atoms with Crippen LogP contribution in [0, 0.1) is 6.92 Å². The van der Waals surface area contributed by atoms with Gasteiger partial charge in [0.05, 0.1) is 11.4 Å². The van der Waals surface area contributed by atoms with Crippen LogP contribution in [0.5, 0.6) is 0 Å². The Labute approximate surface area is 84.3 Å². The van der Waals surface area contributed by atoms with Gasteiger partial charge in [0.1, 0.15) is 13.9 Å². The van der Waals surface area contributed by atoms with Gasteiger partial charge in [-0.05, 0) is 25.5 Å². The highest BCUT2D eigenvalue weighted by Gasteiger charge is 2.22. The zero-order valence-electron chi connectivity index (χ0n) is 8.22. The number of nitrogens with one attached hydrogen (secondary N) is 2. The molecule has 0 spiro atoms. The first-order chi connectivity index (χ1) is 6.59. The van der Waals surface area contributed by atoms with E-state index in [4.69, 9.17) is 7.85 Å². The second-order valence-corrected chi connectivity index (χ2v) is 3.56. The molecule has 70 valence electrons. The minimum absolute atomic E-state index is 0.0220. The minimum atomic E-state index is -0.189. The van der Waals surface area contributed by atoms with Crippen molar-refractivity contribution in [3.05, 3.63) is 17.7 Å². The molecule has 1 amide bonds. The largest absolute Gasteiger partial charge is 0.372 e. The van der Waals surface area contributed by atoms with Crippen molar-refractivity contribution in [2.75, 3.05) is 10.6 Å². The van der Waals surface area contributed by atoms with Crippen molar-refractivity contribution in [2.45, 2.75) is 19.9 Å². The molecule has 1 aromatic carbocycles. The van der Waals surface area contributed by atoms with Gasteiger partial charge in [-0.15, -0.1) is 0 Å². The second kappa shape index (κ2) is 3.05. The maximum Gasteiger partial charge on any atom is 0.246 e. The van der Waals surface area contributed by atoms with Crippen LogP contribution < -0.4 is 16.1 Å². The molecule has 3 nitrogen and oxygen atoms in total. The molecular formula is C10H11BN2O. The molecule has 1 aliphatic heterocycles. The van der Waals surface area contributed by atoms with Crippen molar-refractivity contribution in [1.29, 1.82) is 0 Å². The van der Waals surface area contributed by atoms with Gasteiger partial charge in [-0.2, -0.15) is 0 Å². The number of hydrogen-bond acceptors (Lipinski definition) is 2. The standard InChI is InChI=1S/C10H11BN2O/c1-5-7(11)3-4-8-9(5)13-10(14)6(2)12-8/h3-4,6,12H,1-2H3,(H,13,14). The molecule has 2 rings (SSSR count). The van der Waals surface area contributed by atoms with Crippen molar-refractivity contribution in [2.24, 2.45) is 0 Å². The average molecular weight is 186 g/mol. The SMILES string of the molecule is [B]c1ccc2c(c1C)NC(=O)C(C)N2. The summed E-state index contributed by atoms with van der Waals surface area (Å²) >= 11 is 0. The van der Waals surface area contributed by atoms with Gasteiger partial charge in [0.25, 0.3) is 0 Å². The van der Waals surface area contributed by atoms with Gasteiger partial charge >= 0.3 is 0 Å². The monoisotopic (exact) mass is 186 g/mol. The van der Waals surface area contributed by atoms with Gasteiger partial charge in [-0.1, -0.05) is 11.5 Å². The third-order valence-corrected chi connectivity index (χ3v) is 2.52. The highest BCUT2D eigenvalue weighted by atomic mass is 16.2. The van der Waals surface area contributed by atoms with Crippen LogP contribution in [-0.4, -0.2) is 19.8 Å². The van der Waals surface area contributed by atoms with E-state index in [0.717, 1.165) is 16.9 Å². The van der Waals surface area contributed by atoms with Crippen LogP contribution in [0.15, 0.2) is 12.1 Å². The highest BCUT2D eigenvalue weighted by molar-refractivity contribution is 6.34. The maximum atomic E-state index is 11.4. The van der Waals surface area contributed by atoms with Gasteiger partial charge in [0.2, 0.25) is 5.91 Å². The Morgan fingerprint density at radius 2 is 2.14 bits per heavy atom. The molecular weight excluding hydrogens is 175 g/mol. The smallest absolute Gasteiger partial charge is 0.246 e. The summed E-state index contributed by atoms with van der Waals surface area (Å²) in [7, 11) is 5.74. The van der Waals surface area contributed by atoms with Gasteiger partial charge in [-0.25, -0.2) is 0 Å². The molecule has 0 bridgehead atoms. The predicted molar refractivity (Wildman–Crippen MR) is 58.3 cm³/mol. The summed E-state index contributed by atoms with van der Waals surface area (Å²) in [5.41, 5.74) is 3.34. The van der Waals surface area contributed by atoms with Crippen LogP contribution in [0.25, 0.3) is 0 Å². The van der Waals surface area contributed by atoms with Crippen molar-refractivity contribution in [3.63, 3.8) is 0 Å². The Hall–Kier alpha value is -1.45. The Balaban J connectivity index is 2.52. The van der Waals surface area contributed by atoms with E-state index in [0.29, 0.717) is 5.46 Å². The molecule has 1 aromatic rings. The van der Waals surface area contributed by atoms with Gasteiger partial charge in [0, 0.05) is 0 Å². The fraction of sp³-hybridized carbons (Fsp3) is 0.300. The van der Waals surface area contributed by atoms with Gasteiger partial charge in [0.15, 0.2) is 0 Å². The third-order valence-electron chi connectivity index (χ3n) is 2.52. The first-order valence-corrected chi connectivity index (χ1v) is 4.56. The summed E-state index contributed by atoms with van der Waals surface area (Å²) in [6.07, 6.45) is 0. The van der Waals surface area contributed by atoms with E-state index in [-0.39, 0.29) is 11.9 Å². The topological polar surface area (TPSA) is 41.1 Å². The van der Waals surface area contributed by atoms with E-state index in [9.17, 15) is 4.79 Å². The van der Waals surface area contributed by atoms with Crippen molar-refractivity contribution in [1.82, 2.24) is 0 Å². The molecule has 0 aliphatic carbocycles. The normalized spacial score (nSPS) is 19.6. The molecule has 0 saturated heterocycles. The summed E-state index contributed by atoms with van der Waals surface area (Å²) in [6.45, 7) is 3.72. The summed E-state index contributed by atoms with van der Waals surface area (Å²) < 4.78 is 0. The first kappa shape index (κ1) is 9.12. The fourth-order valence-electron chi connectivity index (χ4n) is 1.54. The van der Waals surface area contributed by atoms with E-state index in [1.54, 1.807) is 0 Å². The van der Waals surface area contributed by atoms with Crippen molar-refractivity contribution < 1.29 is 4.79 Å². The summed E-state index contributed by atoms with van der Waals surface area (Å²) in [5.74, 6) is -0.0220. The number of anilines is 2. The van der Waals surface area contributed by atoms with E-state index in [1.807, 2.05) is 26.0 Å². The molecule has 0 saturated carbocycles. The summed E-state index contributed by atoms with van der Waals surface area (Å²) in [5, 5.41) is 5.95. The van der Waals surface area contributed by atoms with Crippen LogP contribution in [0.1, 0.15) is 12.5 Å². The lowest BCUT2D eigenvalue weighted by atomic mass is 9.89. The van der Waals surface area contributed by atoms with Gasteiger partial charge in [-0.3, -0.25) is 4.79 Å². The third kappa shape index (κ3) is 1.27. The number of rotatable bonds is 0. The lowest BCUT2D eigenvalue weighted by molar-refractivity contribution is -0.116. The number of carbonyl (C=O) groups is 1. The Kier molecular flexibility index (Phi) is 1.99. The predicted octanol–water partition coefficient (Wildman–Crippen LogP) is 0.541. The summed E-state index contributed by atoms with van der Waals surface area (Å²) in [6, 6.07) is 3.53. The molecule has 1 unspecified atom stereocenters. The molecule has 1 aliphatic rings. The van der Waals surface area contributed by atoms with Gasteiger partial charge < -0.3 is 10.6 Å². The summed E-state index contributed by atoms with van der Waals surface area (Å²) in [4.78, 5) is 11.4. The Morgan fingerprint density at radius 1 is 1.43 bits per heavy atom. The van der Waals surface area contributed by atoms with Crippen LogP contribution in [0.3, 0.4) is 0 Å². The number of carbonyl (C=O) groups excluding carboxylic acids is 1. The molecule has 0 aromatic heterocycles. The van der Waals surface area contributed by atoms with Crippen LogP contribution >= 0.6 is 0 Å². The second-order valence-electron chi connectivity index (χ2n) is 3.56. The lowest BCUT2D eigenvalue weighted by Gasteiger charge is -2.26. The van der Waals surface area contributed by atoms with Crippen LogP contribution in [0.2, 0.25) is 0 Å². The van der Waals surface area contributed by atoms with Crippen LogP contribution in [0.4, 0.5) is 11.4 Å². The quantitative estimate of drug-likeness (QED) is 0.580. The minimum Gasteiger partial charge on any atom is -0.372 e. The van der Waals surface area contributed by atoms with Crippen molar-refractivity contribution >= 4 is 30.6 Å². The molecule has 0 fully saturated rings. The van der Waals surface area contributed by atoms with E-state index >= 15 is 0 Å². The van der Waals surface area contributed by atoms with E-state index in [2.05, 4.69) is 10.6 Å². The Bertz CT molecular complexity index is 403. The molecule has 2 radical (unpaired) electrons. The lowest BCUT2D eigenvalue weighted by Crippen LogP contribution is -2.37. The molecule has 2 N–H and O–H groups in total.